The molecule has 2 aliphatic rings. The number of alkyl halides is 3. The number of halogens is 4. The van der Waals surface area contributed by atoms with E-state index in [0.717, 1.165) is 16.5 Å². The van der Waals surface area contributed by atoms with Gasteiger partial charge in [-0.05, 0) is 42.9 Å². The minimum absolute atomic E-state index is 0.234. The Labute approximate surface area is 181 Å². The first-order chi connectivity index (χ1) is 14.1. The monoisotopic (exact) mass is 488 g/mol. The van der Waals surface area contributed by atoms with Crippen LogP contribution in [0.25, 0.3) is 0 Å². The number of nitrogens with zero attached hydrogens (tertiary/aromatic N) is 1. The van der Waals surface area contributed by atoms with Crippen LogP contribution in [0.15, 0.2) is 41.1 Å². The SMILES string of the molecule is C=C(O)[C@@H]1[C@@H](Cc2cccc(Br)c2)C(=O)N1C(=O)N[C@@H](C1CCCCC1)C(F)(F)F. The molecule has 164 valence electrons. The van der Waals surface area contributed by atoms with Gasteiger partial charge in [-0.1, -0.05) is 53.9 Å². The maximum atomic E-state index is 13.6. The lowest BCUT2D eigenvalue weighted by molar-refractivity contribution is -0.170. The van der Waals surface area contributed by atoms with Crippen molar-refractivity contribution in [2.45, 2.75) is 56.8 Å². The Hall–Kier alpha value is -2.03. The van der Waals surface area contributed by atoms with Crippen molar-refractivity contribution in [1.29, 1.82) is 0 Å². The van der Waals surface area contributed by atoms with Crippen molar-refractivity contribution < 1.29 is 27.9 Å². The third-order valence-electron chi connectivity index (χ3n) is 5.87. The van der Waals surface area contributed by atoms with Gasteiger partial charge in [-0.2, -0.15) is 13.2 Å². The molecule has 1 saturated heterocycles. The molecule has 0 bridgehead atoms. The van der Waals surface area contributed by atoms with E-state index in [9.17, 15) is 27.9 Å². The summed E-state index contributed by atoms with van der Waals surface area (Å²) in [6.07, 6.45) is -1.39. The molecular formula is C21H24BrF3N2O3. The van der Waals surface area contributed by atoms with Crippen LogP contribution in [0, 0.1) is 11.8 Å². The summed E-state index contributed by atoms with van der Waals surface area (Å²) in [4.78, 5) is 25.9. The van der Waals surface area contributed by atoms with Gasteiger partial charge in [0, 0.05) is 4.47 Å². The zero-order chi connectivity index (χ0) is 22.1. The second kappa shape index (κ2) is 8.99. The first-order valence-electron chi connectivity index (χ1n) is 9.92. The van der Waals surface area contributed by atoms with Gasteiger partial charge in [-0.15, -0.1) is 0 Å². The van der Waals surface area contributed by atoms with Crippen molar-refractivity contribution >= 4 is 27.9 Å². The number of hydrogen-bond acceptors (Lipinski definition) is 3. The molecule has 0 radical (unpaired) electrons. The molecule has 2 N–H and O–H groups in total. The van der Waals surface area contributed by atoms with E-state index in [-0.39, 0.29) is 6.42 Å². The fourth-order valence-corrected chi connectivity index (χ4v) is 4.86. The van der Waals surface area contributed by atoms with E-state index >= 15 is 0 Å². The zero-order valence-corrected chi connectivity index (χ0v) is 17.9. The molecule has 5 nitrogen and oxygen atoms in total. The Bertz CT molecular complexity index is 824. The first-order valence-corrected chi connectivity index (χ1v) is 10.7. The van der Waals surface area contributed by atoms with Gasteiger partial charge >= 0.3 is 12.2 Å². The fourth-order valence-electron chi connectivity index (χ4n) is 4.41. The smallest absolute Gasteiger partial charge is 0.408 e. The van der Waals surface area contributed by atoms with E-state index in [1.165, 1.54) is 0 Å². The van der Waals surface area contributed by atoms with Crippen LogP contribution >= 0.6 is 15.9 Å². The predicted molar refractivity (Wildman–Crippen MR) is 109 cm³/mol. The van der Waals surface area contributed by atoms with E-state index in [0.29, 0.717) is 30.6 Å². The number of nitrogens with one attached hydrogen (secondary N) is 1. The molecule has 0 unspecified atom stereocenters. The van der Waals surface area contributed by atoms with E-state index in [1.807, 2.05) is 11.4 Å². The van der Waals surface area contributed by atoms with Crippen LogP contribution in [0.3, 0.4) is 0 Å². The van der Waals surface area contributed by atoms with Crippen LogP contribution in [0.2, 0.25) is 0 Å². The summed E-state index contributed by atoms with van der Waals surface area (Å²) in [5.74, 6) is -2.53. The molecule has 0 aromatic heterocycles. The van der Waals surface area contributed by atoms with Gasteiger partial charge in [0.25, 0.3) is 0 Å². The maximum Gasteiger partial charge on any atom is 0.408 e. The number of benzene rings is 1. The molecule has 1 saturated carbocycles. The largest absolute Gasteiger partial charge is 0.511 e. The molecule has 1 aliphatic carbocycles. The van der Waals surface area contributed by atoms with E-state index in [4.69, 9.17) is 0 Å². The Morgan fingerprint density at radius 3 is 2.53 bits per heavy atom. The van der Waals surface area contributed by atoms with Crippen LogP contribution in [0.4, 0.5) is 18.0 Å². The highest BCUT2D eigenvalue weighted by atomic mass is 79.9. The van der Waals surface area contributed by atoms with E-state index < -0.39 is 47.8 Å². The Morgan fingerprint density at radius 1 is 1.30 bits per heavy atom. The molecule has 0 spiro atoms. The molecule has 1 aliphatic heterocycles. The molecular weight excluding hydrogens is 465 g/mol. The number of rotatable bonds is 5. The van der Waals surface area contributed by atoms with Crippen LogP contribution in [0.1, 0.15) is 37.7 Å². The summed E-state index contributed by atoms with van der Waals surface area (Å²) in [6.45, 7) is 3.42. The number of carbonyl (C=O) groups excluding carboxylic acids is 2. The second-order valence-electron chi connectivity index (χ2n) is 7.95. The summed E-state index contributed by atoms with van der Waals surface area (Å²) in [5, 5.41) is 12.0. The van der Waals surface area contributed by atoms with Crippen molar-refractivity contribution in [3.8, 4) is 0 Å². The van der Waals surface area contributed by atoms with Crippen molar-refractivity contribution in [3.05, 3.63) is 46.6 Å². The minimum Gasteiger partial charge on any atom is -0.511 e. The highest BCUT2D eigenvalue weighted by Crippen LogP contribution is 2.37. The lowest BCUT2D eigenvalue weighted by Crippen LogP contribution is -2.68. The van der Waals surface area contributed by atoms with Crippen molar-refractivity contribution in [1.82, 2.24) is 10.2 Å². The number of amides is 3. The topological polar surface area (TPSA) is 69.6 Å². The summed E-state index contributed by atoms with van der Waals surface area (Å²) in [5.41, 5.74) is 0.796. The molecule has 1 heterocycles. The summed E-state index contributed by atoms with van der Waals surface area (Å²) >= 11 is 3.34. The van der Waals surface area contributed by atoms with Gasteiger partial charge in [-0.25, -0.2) is 4.79 Å². The Morgan fingerprint density at radius 2 is 1.97 bits per heavy atom. The molecule has 9 heteroatoms. The molecule has 2 fully saturated rings. The number of carbonyl (C=O) groups is 2. The minimum atomic E-state index is -4.62. The van der Waals surface area contributed by atoms with Gasteiger partial charge in [-0.3, -0.25) is 9.69 Å². The number of aliphatic hydroxyl groups is 1. The van der Waals surface area contributed by atoms with Crippen LogP contribution in [0.5, 0.6) is 0 Å². The molecule has 30 heavy (non-hydrogen) atoms. The first kappa shape index (κ1) is 22.7. The van der Waals surface area contributed by atoms with Gasteiger partial charge in [0.2, 0.25) is 5.91 Å². The number of imide groups is 1. The third-order valence-corrected chi connectivity index (χ3v) is 6.36. The predicted octanol–water partition coefficient (Wildman–Crippen LogP) is 5.11. The second-order valence-corrected chi connectivity index (χ2v) is 8.87. The molecule has 3 atom stereocenters. The molecule has 3 amide bonds. The normalized spacial score (nSPS) is 23.6. The van der Waals surface area contributed by atoms with Crippen LogP contribution < -0.4 is 5.32 Å². The van der Waals surface area contributed by atoms with Gasteiger partial charge in [0.1, 0.15) is 17.8 Å². The number of likely N-dealkylation sites (tertiary alicyclic amines) is 1. The number of hydrogen-bond donors (Lipinski definition) is 2. The summed E-state index contributed by atoms with van der Waals surface area (Å²) in [6, 6.07) is 2.98. The van der Waals surface area contributed by atoms with E-state index in [2.05, 4.69) is 22.5 Å². The Balaban J connectivity index is 1.74. The fraction of sp³-hybridized carbons (Fsp3) is 0.524. The number of aliphatic hydroxyl groups excluding tert-OH is 1. The maximum absolute atomic E-state index is 13.6. The van der Waals surface area contributed by atoms with Crippen molar-refractivity contribution in [2.24, 2.45) is 11.8 Å². The van der Waals surface area contributed by atoms with Gasteiger partial charge in [0.15, 0.2) is 0 Å². The molecule has 1 aromatic carbocycles. The highest BCUT2D eigenvalue weighted by molar-refractivity contribution is 9.10. The average Bonchev–Trinajstić information content (AvgIpc) is 2.67. The number of β-lactam (4-membered cyclic amide) rings is 1. The van der Waals surface area contributed by atoms with Gasteiger partial charge < -0.3 is 10.4 Å². The third kappa shape index (κ3) is 4.82. The summed E-state index contributed by atoms with van der Waals surface area (Å²) in [7, 11) is 0. The quantitative estimate of drug-likeness (QED) is 0.446. The van der Waals surface area contributed by atoms with E-state index in [1.54, 1.807) is 18.2 Å². The van der Waals surface area contributed by atoms with Crippen molar-refractivity contribution in [2.75, 3.05) is 0 Å². The van der Waals surface area contributed by atoms with Gasteiger partial charge in [0.05, 0.1) is 5.92 Å². The Kier molecular flexibility index (Phi) is 6.79. The lowest BCUT2D eigenvalue weighted by atomic mass is 9.81. The van der Waals surface area contributed by atoms with Crippen molar-refractivity contribution in [3.63, 3.8) is 0 Å². The molecule has 3 rings (SSSR count). The lowest BCUT2D eigenvalue weighted by Gasteiger charge is -2.45. The zero-order valence-electron chi connectivity index (χ0n) is 16.3. The standard InChI is InChI=1S/C21H24BrF3N2O3/c1-12(28)17-16(11-13-6-5-9-15(22)10-13)19(29)27(17)20(30)26-18(21(23,24)25)14-7-3-2-4-8-14/h5-6,9-10,14,16-18,28H,1-4,7-8,11H2,(H,26,30)/t16-,17-,18+/m1/s1. The summed E-state index contributed by atoms with van der Waals surface area (Å²) < 4.78 is 41.7. The number of urea groups is 1. The molecule has 1 aromatic rings. The highest BCUT2D eigenvalue weighted by Gasteiger charge is 2.54. The average molecular weight is 489 g/mol. The van der Waals surface area contributed by atoms with Crippen LogP contribution in [-0.2, 0) is 11.2 Å². The van der Waals surface area contributed by atoms with Crippen LogP contribution in [-0.4, -0.2) is 40.2 Å².